The quantitative estimate of drug-likeness (QED) is 0.658. The lowest BCUT2D eigenvalue weighted by Crippen LogP contribution is -2.12. The average molecular weight is 289 g/mol. The van der Waals surface area contributed by atoms with Gasteiger partial charge in [-0.3, -0.25) is 4.79 Å². The lowest BCUT2D eigenvalue weighted by atomic mass is 10.1. The van der Waals surface area contributed by atoms with E-state index in [9.17, 15) is 4.79 Å². The van der Waals surface area contributed by atoms with Gasteiger partial charge in [0, 0.05) is 5.69 Å². The zero-order valence-corrected chi connectivity index (χ0v) is 9.88. The number of alkyl halides is 1. The Morgan fingerprint density at radius 1 is 1.31 bits per heavy atom. The van der Waals surface area contributed by atoms with Crippen LogP contribution >= 0.6 is 22.6 Å². The van der Waals surface area contributed by atoms with Crippen molar-refractivity contribution in [2.75, 3.05) is 9.74 Å². The zero-order valence-electron chi connectivity index (χ0n) is 7.73. The van der Waals surface area contributed by atoms with Crippen LogP contribution in [0.5, 0.6) is 0 Å². The Morgan fingerprint density at radius 2 is 1.85 bits per heavy atom. The molecule has 0 saturated heterocycles. The van der Waals surface area contributed by atoms with E-state index in [4.69, 9.17) is 0 Å². The minimum absolute atomic E-state index is 0.0469. The second-order valence-corrected chi connectivity index (χ2v) is 3.82. The maximum atomic E-state index is 11.1. The molecular weight excluding hydrogens is 277 g/mol. The molecule has 1 aromatic rings. The summed E-state index contributed by atoms with van der Waals surface area (Å²) in [6.45, 7) is 4.04. The Bertz CT molecular complexity index is 302. The fourth-order valence-electron chi connectivity index (χ4n) is 1.24. The standard InChI is InChI=1S/C10H12INO/c1-7-3-8(2)5-9(4-7)12-10(13)6-11/h3-5H,6H2,1-2H3,(H,12,13). The van der Waals surface area contributed by atoms with Crippen molar-refractivity contribution in [1.82, 2.24) is 0 Å². The van der Waals surface area contributed by atoms with Gasteiger partial charge in [0.15, 0.2) is 0 Å². The predicted octanol–water partition coefficient (Wildman–Crippen LogP) is 2.68. The van der Waals surface area contributed by atoms with E-state index in [0.29, 0.717) is 4.43 Å². The van der Waals surface area contributed by atoms with Crippen molar-refractivity contribution in [3.8, 4) is 0 Å². The van der Waals surface area contributed by atoms with E-state index in [-0.39, 0.29) is 5.91 Å². The Labute approximate surface area is 91.9 Å². The van der Waals surface area contributed by atoms with Crippen LogP contribution in [0.15, 0.2) is 18.2 Å². The van der Waals surface area contributed by atoms with Gasteiger partial charge in [0.2, 0.25) is 5.91 Å². The van der Waals surface area contributed by atoms with Gasteiger partial charge in [0.25, 0.3) is 0 Å². The minimum Gasteiger partial charge on any atom is -0.325 e. The lowest BCUT2D eigenvalue weighted by molar-refractivity contribution is -0.113. The number of benzene rings is 1. The molecule has 0 aliphatic heterocycles. The Hall–Kier alpha value is -0.580. The van der Waals surface area contributed by atoms with Crippen LogP contribution in [0.25, 0.3) is 0 Å². The van der Waals surface area contributed by atoms with Crippen LogP contribution in [0.3, 0.4) is 0 Å². The molecule has 0 aliphatic rings. The largest absolute Gasteiger partial charge is 0.325 e. The second-order valence-electron chi connectivity index (χ2n) is 3.06. The second kappa shape index (κ2) is 4.60. The summed E-state index contributed by atoms with van der Waals surface area (Å²) < 4.78 is 0.491. The van der Waals surface area contributed by atoms with Gasteiger partial charge >= 0.3 is 0 Å². The molecule has 0 bridgehead atoms. The van der Waals surface area contributed by atoms with Crippen molar-refractivity contribution >= 4 is 34.2 Å². The van der Waals surface area contributed by atoms with E-state index in [1.165, 1.54) is 11.1 Å². The highest BCUT2D eigenvalue weighted by Crippen LogP contribution is 2.13. The van der Waals surface area contributed by atoms with Crippen molar-refractivity contribution in [3.63, 3.8) is 0 Å². The molecule has 1 aromatic carbocycles. The third-order valence-corrected chi connectivity index (χ3v) is 2.32. The first-order valence-corrected chi connectivity index (χ1v) is 5.58. The molecule has 1 rings (SSSR count). The topological polar surface area (TPSA) is 29.1 Å². The molecule has 1 amide bonds. The number of nitrogens with one attached hydrogen (secondary N) is 1. The number of anilines is 1. The fraction of sp³-hybridized carbons (Fsp3) is 0.300. The van der Waals surface area contributed by atoms with Crippen LogP contribution < -0.4 is 5.32 Å². The number of aryl methyl sites for hydroxylation is 2. The van der Waals surface area contributed by atoms with Gasteiger partial charge in [-0.25, -0.2) is 0 Å². The molecule has 0 radical (unpaired) electrons. The van der Waals surface area contributed by atoms with E-state index in [1.807, 2.05) is 48.6 Å². The summed E-state index contributed by atoms with van der Waals surface area (Å²) in [5, 5.41) is 2.83. The molecule has 13 heavy (non-hydrogen) atoms. The maximum Gasteiger partial charge on any atom is 0.234 e. The van der Waals surface area contributed by atoms with Crippen LogP contribution in [-0.4, -0.2) is 10.3 Å². The summed E-state index contributed by atoms with van der Waals surface area (Å²) in [5.74, 6) is 0.0469. The fourth-order valence-corrected chi connectivity index (χ4v) is 1.43. The average Bonchev–Trinajstić information content (AvgIpc) is 2.02. The summed E-state index contributed by atoms with van der Waals surface area (Å²) in [5.41, 5.74) is 3.23. The predicted molar refractivity (Wildman–Crippen MR) is 63.4 cm³/mol. The molecule has 70 valence electrons. The third kappa shape index (κ3) is 3.34. The van der Waals surface area contributed by atoms with Gasteiger partial charge in [-0.1, -0.05) is 28.7 Å². The number of hydrogen-bond donors (Lipinski definition) is 1. The Morgan fingerprint density at radius 3 is 2.31 bits per heavy atom. The summed E-state index contributed by atoms with van der Waals surface area (Å²) in [6, 6.07) is 6.02. The number of hydrogen-bond acceptors (Lipinski definition) is 1. The Kier molecular flexibility index (Phi) is 3.71. The van der Waals surface area contributed by atoms with Crippen LogP contribution in [0.4, 0.5) is 5.69 Å². The molecule has 0 fully saturated rings. The van der Waals surface area contributed by atoms with Gasteiger partial charge in [-0.2, -0.15) is 0 Å². The van der Waals surface area contributed by atoms with Gasteiger partial charge < -0.3 is 5.32 Å². The number of rotatable bonds is 2. The monoisotopic (exact) mass is 289 g/mol. The van der Waals surface area contributed by atoms with E-state index in [1.54, 1.807) is 0 Å². The highest BCUT2D eigenvalue weighted by Gasteiger charge is 2.00. The zero-order chi connectivity index (χ0) is 9.84. The third-order valence-electron chi connectivity index (χ3n) is 1.63. The summed E-state index contributed by atoms with van der Waals surface area (Å²) >= 11 is 2.05. The van der Waals surface area contributed by atoms with E-state index in [0.717, 1.165) is 5.69 Å². The maximum absolute atomic E-state index is 11.1. The van der Waals surface area contributed by atoms with E-state index >= 15 is 0 Å². The summed E-state index contributed by atoms with van der Waals surface area (Å²) in [4.78, 5) is 11.1. The highest BCUT2D eigenvalue weighted by molar-refractivity contribution is 14.1. The van der Waals surface area contributed by atoms with Gasteiger partial charge in [-0.15, -0.1) is 0 Å². The molecule has 0 aromatic heterocycles. The minimum atomic E-state index is 0.0469. The SMILES string of the molecule is Cc1cc(C)cc(NC(=O)CI)c1. The van der Waals surface area contributed by atoms with Crippen LogP contribution in [0.1, 0.15) is 11.1 Å². The molecule has 2 nitrogen and oxygen atoms in total. The first-order chi connectivity index (χ1) is 6.11. The highest BCUT2D eigenvalue weighted by atomic mass is 127. The van der Waals surface area contributed by atoms with Crippen LogP contribution in [-0.2, 0) is 4.79 Å². The van der Waals surface area contributed by atoms with Crippen molar-refractivity contribution in [1.29, 1.82) is 0 Å². The molecule has 3 heteroatoms. The first kappa shape index (κ1) is 10.5. The van der Waals surface area contributed by atoms with Crippen molar-refractivity contribution in [3.05, 3.63) is 29.3 Å². The van der Waals surface area contributed by atoms with Gasteiger partial charge in [0.05, 0.1) is 4.43 Å². The van der Waals surface area contributed by atoms with Gasteiger partial charge in [0.1, 0.15) is 0 Å². The smallest absolute Gasteiger partial charge is 0.234 e. The number of halogens is 1. The lowest BCUT2D eigenvalue weighted by Gasteiger charge is -2.05. The van der Waals surface area contributed by atoms with Crippen LogP contribution in [0.2, 0.25) is 0 Å². The molecule has 0 atom stereocenters. The van der Waals surface area contributed by atoms with E-state index in [2.05, 4.69) is 11.4 Å². The molecule has 0 unspecified atom stereocenters. The molecule has 0 heterocycles. The summed E-state index contributed by atoms with van der Waals surface area (Å²) in [7, 11) is 0. The van der Waals surface area contributed by atoms with E-state index < -0.39 is 0 Å². The van der Waals surface area contributed by atoms with Crippen LogP contribution in [0, 0.1) is 13.8 Å². The summed E-state index contributed by atoms with van der Waals surface area (Å²) in [6.07, 6.45) is 0. The molecule has 0 saturated carbocycles. The van der Waals surface area contributed by atoms with Crippen molar-refractivity contribution in [2.24, 2.45) is 0 Å². The number of carbonyl (C=O) groups excluding carboxylic acids is 1. The number of carbonyl (C=O) groups is 1. The molecule has 1 N–H and O–H groups in total. The van der Waals surface area contributed by atoms with Crippen molar-refractivity contribution < 1.29 is 4.79 Å². The molecule has 0 spiro atoms. The molecular formula is C10H12INO. The molecule has 0 aliphatic carbocycles. The first-order valence-electron chi connectivity index (χ1n) is 4.06. The van der Waals surface area contributed by atoms with Gasteiger partial charge in [-0.05, 0) is 37.1 Å². The normalized spacial score (nSPS) is 9.77. The van der Waals surface area contributed by atoms with Crippen molar-refractivity contribution in [2.45, 2.75) is 13.8 Å². The number of amides is 1. The Balaban J connectivity index is 2.83.